The van der Waals surface area contributed by atoms with E-state index in [-0.39, 0.29) is 0 Å². The van der Waals surface area contributed by atoms with E-state index in [0.29, 0.717) is 13.0 Å². The van der Waals surface area contributed by atoms with E-state index in [1.165, 1.54) is 7.05 Å². The molecule has 0 aliphatic rings. The van der Waals surface area contributed by atoms with Crippen LogP contribution < -0.4 is 36.4 Å². The second-order valence-corrected chi connectivity index (χ2v) is 9.62. The van der Waals surface area contributed by atoms with Crippen LogP contribution >= 0.6 is 22.8 Å². The maximum absolute atomic E-state index is 11.7. The molecule has 0 saturated carbocycles. The average Bonchev–Trinajstić information content (AvgIpc) is 2.11. The third-order valence-electron chi connectivity index (χ3n) is 1.52. The van der Waals surface area contributed by atoms with Crippen molar-refractivity contribution in [3.8, 4) is 0 Å². The first-order chi connectivity index (χ1) is 7.54. The van der Waals surface area contributed by atoms with Gasteiger partial charge in [0.05, 0.1) is 0 Å². The van der Waals surface area contributed by atoms with Gasteiger partial charge in [-0.25, -0.2) is 10.2 Å². The zero-order valence-electron chi connectivity index (χ0n) is 9.71. The van der Waals surface area contributed by atoms with Gasteiger partial charge in [0.25, 0.3) is 22.8 Å². The van der Waals surface area contributed by atoms with Crippen molar-refractivity contribution in [2.45, 2.75) is 13.3 Å². The molecule has 0 heterocycles. The Morgan fingerprint density at radius 2 is 1.41 bits per heavy atom. The maximum atomic E-state index is 11.7. The van der Waals surface area contributed by atoms with Crippen LogP contribution in [0.3, 0.4) is 0 Å². The summed E-state index contributed by atoms with van der Waals surface area (Å²) in [5, 5.41) is 4.65. The summed E-state index contributed by atoms with van der Waals surface area (Å²) < 4.78 is 34.8. The minimum absolute atomic E-state index is 0.354. The van der Waals surface area contributed by atoms with Crippen molar-refractivity contribution in [2.75, 3.05) is 13.6 Å². The molecule has 0 radical (unpaired) electrons. The van der Waals surface area contributed by atoms with Crippen molar-refractivity contribution in [3.05, 3.63) is 0 Å². The summed E-state index contributed by atoms with van der Waals surface area (Å²) in [6.45, 7) is 2.19. The molecule has 0 amide bonds. The van der Waals surface area contributed by atoms with Crippen LogP contribution in [0.5, 0.6) is 0 Å². The lowest BCUT2D eigenvalue weighted by Gasteiger charge is -2.23. The summed E-state index contributed by atoms with van der Waals surface area (Å²) in [7, 11) is -9.74. The smallest absolute Gasteiger partial charge is 0.271 e. The fourth-order valence-corrected chi connectivity index (χ4v) is 6.18. The summed E-state index contributed by atoms with van der Waals surface area (Å²) in [6, 6.07) is 0. The average molecular weight is 307 g/mol. The predicted molar refractivity (Wildman–Crippen MR) is 69.0 cm³/mol. The maximum Gasteiger partial charge on any atom is 0.291 e. The lowest BCUT2D eigenvalue weighted by Crippen LogP contribution is -2.35. The molecule has 0 bridgehead atoms. The number of nitrogens with two attached hydrogens (primary N) is 3. The molecule has 0 fully saturated rings. The zero-order valence-corrected chi connectivity index (χ0v) is 12.4. The highest BCUT2D eigenvalue weighted by atomic mass is 31.3. The largest absolute Gasteiger partial charge is 0.291 e. The summed E-state index contributed by atoms with van der Waals surface area (Å²) in [5.74, 6) is 0. The van der Waals surface area contributed by atoms with Crippen molar-refractivity contribution in [1.82, 2.24) is 19.9 Å². The van der Waals surface area contributed by atoms with Crippen molar-refractivity contribution in [2.24, 2.45) is 16.5 Å². The van der Waals surface area contributed by atoms with Gasteiger partial charge in [0.15, 0.2) is 0 Å². The van der Waals surface area contributed by atoms with Crippen LogP contribution in [-0.2, 0) is 13.7 Å². The molecule has 0 aromatic carbocycles. The molecular formula is C4H20N7O3P3. The van der Waals surface area contributed by atoms with Gasteiger partial charge in [0.2, 0.25) is 0 Å². The highest BCUT2D eigenvalue weighted by Gasteiger charge is 2.31. The molecule has 10 nitrogen and oxygen atoms in total. The van der Waals surface area contributed by atoms with Crippen LogP contribution in [0, 0.1) is 0 Å². The van der Waals surface area contributed by atoms with Gasteiger partial charge in [-0.05, 0) is 13.5 Å². The lowest BCUT2D eigenvalue weighted by molar-refractivity contribution is 0.547. The van der Waals surface area contributed by atoms with Crippen LogP contribution in [0.25, 0.3) is 0 Å². The van der Waals surface area contributed by atoms with Gasteiger partial charge in [-0.3, -0.25) is 30.2 Å². The minimum Gasteiger partial charge on any atom is -0.271 e. The first-order valence-electron chi connectivity index (χ1n) is 4.72. The molecule has 13 heteroatoms. The Kier molecular flexibility index (Phi) is 6.70. The molecule has 0 aromatic rings. The SMILES string of the molecule is CCCNP(N)(=O)NP(N)(=O)NP(N)(=O)NC. The summed E-state index contributed by atoms with van der Waals surface area (Å²) in [5.41, 5.74) is 15.8. The number of nitrogens with one attached hydrogen (secondary N) is 4. The van der Waals surface area contributed by atoms with E-state index >= 15 is 0 Å². The van der Waals surface area contributed by atoms with Gasteiger partial charge in [-0.2, -0.15) is 9.72 Å². The van der Waals surface area contributed by atoms with Gasteiger partial charge in [0.1, 0.15) is 0 Å². The molecular weight excluding hydrogens is 287 g/mol. The summed E-state index contributed by atoms with van der Waals surface area (Å²) >= 11 is 0. The number of hydrogen-bond donors (Lipinski definition) is 7. The van der Waals surface area contributed by atoms with Crippen LogP contribution in [0.1, 0.15) is 13.3 Å². The topological polar surface area (TPSA) is 177 Å². The van der Waals surface area contributed by atoms with Gasteiger partial charge < -0.3 is 0 Å². The van der Waals surface area contributed by atoms with Crippen LogP contribution in [0.2, 0.25) is 0 Å². The van der Waals surface area contributed by atoms with Gasteiger partial charge >= 0.3 is 0 Å². The first-order valence-corrected chi connectivity index (χ1v) is 10.1. The molecule has 0 aliphatic carbocycles. The molecule has 0 saturated heterocycles. The second kappa shape index (κ2) is 6.54. The highest BCUT2D eigenvalue weighted by molar-refractivity contribution is 7.79. The predicted octanol–water partition coefficient (Wildman–Crippen LogP) is -0.415. The van der Waals surface area contributed by atoms with Crippen molar-refractivity contribution in [3.63, 3.8) is 0 Å². The molecule has 3 unspecified atom stereocenters. The standard InChI is InChI=1S/C4H20N7O3P3/c1-3-4-9-16(6,13)11-17(7,14)10-15(5,12)8-2/h3-4H2,1-2H3,(H10,5,6,7,8,9,10,11,12,13,14). The highest BCUT2D eigenvalue weighted by Crippen LogP contribution is 2.46. The quantitative estimate of drug-likeness (QED) is 0.291. The van der Waals surface area contributed by atoms with Crippen LogP contribution in [-0.4, -0.2) is 13.6 Å². The summed E-state index contributed by atoms with van der Waals surface area (Å²) in [4.78, 5) is 3.98. The number of rotatable bonds is 8. The molecule has 17 heavy (non-hydrogen) atoms. The van der Waals surface area contributed by atoms with E-state index in [1.807, 2.05) is 16.6 Å². The van der Waals surface area contributed by atoms with E-state index in [2.05, 4.69) is 10.2 Å². The number of hydrogen-bond acceptors (Lipinski definition) is 3. The van der Waals surface area contributed by atoms with Crippen LogP contribution in [0.15, 0.2) is 0 Å². The molecule has 0 aliphatic heterocycles. The fourth-order valence-electron chi connectivity index (χ4n) is 0.827. The van der Waals surface area contributed by atoms with Crippen LogP contribution in [0.4, 0.5) is 0 Å². The van der Waals surface area contributed by atoms with E-state index in [0.717, 1.165) is 0 Å². The van der Waals surface area contributed by atoms with E-state index in [9.17, 15) is 13.7 Å². The summed E-state index contributed by atoms with van der Waals surface area (Å²) in [6.07, 6.45) is 0.678. The molecule has 3 atom stereocenters. The Labute approximate surface area is 100 Å². The van der Waals surface area contributed by atoms with Crippen molar-refractivity contribution in [1.29, 1.82) is 0 Å². The van der Waals surface area contributed by atoms with Crippen molar-refractivity contribution < 1.29 is 13.7 Å². The Morgan fingerprint density at radius 3 is 1.82 bits per heavy atom. The normalized spacial score (nSPS) is 22.4. The molecule has 0 spiro atoms. The van der Waals surface area contributed by atoms with Crippen molar-refractivity contribution >= 4 is 22.8 Å². The molecule has 0 aromatic heterocycles. The van der Waals surface area contributed by atoms with Gasteiger partial charge in [-0.1, -0.05) is 6.92 Å². The van der Waals surface area contributed by atoms with Gasteiger partial charge in [0, 0.05) is 6.54 Å². The Hall–Kier alpha value is 0.410. The fraction of sp³-hybridized carbons (Fsp3) is 1.00. The Balaban J connectivity index is 4.60. The minimum atomic E-state index is -3.89. The second-order valence-electron chi connectivity index (χ2n) is 3.31. The Bertz CT molecular complexity index is 387. The first kappa shape index (κ1) is 17.4. The monoisotopic (exact) mass is 307 g/mol. The van der Waals surface area contributed by atoms with E-state index in [1.54, 1.807) is 0 Å². The molecule has 0 rings (SSSR count). The third kappa shape index (κ3) is 8.18. The van der Waals surface area contributed by atoms with E-state index < -0.39 is 22.8 Å². The molecule has 10 N–H and O–H groups in total. The van der Waals surface area contributed by atoms with Gasteiger partial charge in [-0.15, -0.1) is 0 Å². The van der Waals surface area contributed by atoms with E-state index in [4.69, 9.17) is 16.5 Å². The Morgan fingerprint density at radius 1 is 0.941 bits per heavy atom. The molecule has 104 valence electrons. The lowest BCUT2D eigenvalue weighted by atomic mass is 10.5. The third-order valence-corrected chi connectivity index (χ3v) is 7.63. The zero-order chi connectivity index (χ0) is 13.7.